The van der Waals surface area contributed by atoms with Crippen molar-refractivity contribution in [2.75, 3.05) is 6.61 Å². The Kier molecular flexibility index (Phi) is 5.81. The fraction of sp³-hybridized carbons (Fsp3) is 0.300. The summed E-state index contributed by atoms with van der Waals surface area (Å²) >= 11 is 0. The molecule has 1 atom stereocenters. The number of amides is 1. The smallest absolute Gasteiger partial charge is 0.338 e. The molecule has 1 amide bonds. The molecule has 0 bridgehead atoms. The van der Waals surface area contributed by atoms with Crippen LogP contribution in [0.4, 0.5) is 0 Å². The van der Waals surface area contributed by atoms with Crippen molar-refractivity contribution in [3.8, 4) is 0 Å². The van der Waals surface area contributed by atoms with E-state index in [1.165, 1.54) is 17.7 Å². The second kappa shape index (κ2) is 8.12. The minimum Gasteiger partial charge on any atom is -0.452 e. The topological polar surface area (TPSA) is 116 Å². The number of carbonyl (C=O) groups excluding carboxylic acids is 2. The van der Waals surface area contributed by atoms with Gasteiger partial charge in [0.05, 0.1) is 16.5 Å². The number of esters is 1. The first kappa shape index (κ1) is 20.0. The standard InChI is InChI=1S/C20H22N2O5S/c1-13-9-10-15(11-18(13)28(21,25)26)20(24)27-12-19(23)22-17-8-4-6-14-5-2-3-7-16(14)17/h2-3,5,7,9-11,17H,4,6,8,12H2,1H3,(H,22,23)(H2,21,25,26). The van der Waals surface area contributed by atoms with Crippen molar-refractivity contribution < 1.29 is 22.7 Å². The van der Waals surface area contributed by atoms with Gasteiger partial charge in [0.15, 0.2) is 6.61 Å². The van der Waals surface area contributed by atoms with Gasteiger partial charge in [-0.3, -0.25) is 4.79 Å². The number of benzene rings is 2. The maximum absolute atomic E-state index is 12.2. The van der Waals surface area contributed by atoms with Crippen LogP contribution in [0.25, 0.3) is 0 Å². The van der Waals surface area contributed by atoms with E-state index in [9.17, 15) is 18.0 Å². The lowest BCUT2D eigenvalue weighted by Crippen LogP contribution is -2.34. The van der Waals surface area contributed by atoms with Gasteiger partial charge in [-0.25, -0.2) is 18.4 Å². The summed E-state index contributed by atoms with van der Waals surface area (Å²) in [7, 11) is -3.96. The minimum absolute atomic E-state index is 0.0189. The van der Waals surface area contributed by atoms with Crippen LogP contribution in [-0.4, -0.2) is 26.9 Å². The van der Waals surface area contributed by atoms with Crippen LogP contribution in [0.5, 0.6) is 0 Å². The summed E-state index contributed by atoms with van der Waals surface area (Å²) in [4.78, 5) is 24.3. The van der Waals surface area contributed by atoms with Gasteiger partial charge in [0.2, 0.25) is 10.0 Å². The average molecular weight is 402 g/mol. The molecule has 148 valence electrons. The fourth-order valence-electron chi connectivity index (χ4n) is 3.39. The zero-order chi connectivity index (χ0) is 20.3. The molecule has 0 fully saturated rings. The molecule has 1 aliphatic rings. The molecule has 2 aromatic carbocycles. The molecule has 0 heterocycles. The number of rotatable bonds is 5. The SMILES string of the molecule is Cc1ccc(C(=O)OCC(=O)NC2CCCc3ccccc32)cc1S(N)(=O)=O. The number of primary sulfonamides is 1. The number of hydrogen-bond donors (Lipinski definition) is 2. The largest absolute Gasteiger partial charge is 0.452 e. The van der Waals surface area contributed by atoms with Crippen molar-refractivity contribution in [3.05, 3.63) is 64.7 Å². The normalized spacial score (nSPS) is 16.1. The van der Waals surface area contributed by atoms with Crippen molar-refractivity contribution in [1.82, 2.24) is 5.32 Å². The summed E-state index contributed by atoms with van der Waals surface area (Å²) in [6.07, 6.45) is 2.78. The van der Waals surface area contributed by atoms with Gasteiger partial charge in [-0.15, -0.1) is 0 Å². The van der Waals surface area contributed by atoms with Gasteiger partial charge < -0.3 is 10.1 Å². The first-order valence-corrected chi connectivity index (χ1v) is 10.5. The van der Waals surface area contributed by atoms with E-state index in [1.807, 2.05) is 24.3 Å². The van der Waals surface area contributed by atoms with Crippen molar-refractivity contribution in [2.24, 2.45) is 5.14 Å². The molecule has 1 unspecified atom stereocenters. The van der Waals surface area contributed by atoms with E-state index >= 15 is 0 Å². The highest BCUT2D eigenvalue weighted by Gasteiger charge is 2.22. The van der Waals surface area contributed by atoms with E-state index in [2.05, 4.69) is 5.32 Å². The molecule has 8 heteroatoms. The van der Waals surface area contributed by atoms with Gasteiger partial charge in [0, 0.05) is 0 Å². The highest BCUT2D eigenvalue weighted by atomic mass is 32.2. The van der Waals surface area contributed by atoms with E-state index in [0.717, 1.165) is 30.9 Å². The quantitative estimate of drug-likeness (QED) is 0.742. The second-order valence-electron chi connectivity index (χ2n) is 6.81. The van der Waals surface area contributed by atoms with Crippen LogP contribution in [0.3, 0.4) is 0 Å². The molecule has 0 radical (unpaired) electrons. The summed E-state index contributed by atoms with van der Waals surface area (Å²) in [5, 5.41) is 8.04. The van der Waals surface area contributed by atoms with Gasteiger partial charge in [0.25, 0.3) is 5.91 Å². The number of nitrogens with two attached hydrogens (primary N) is 1. The van der Waals surface area contributed by atoms with Crippen LogP contribution >= 0.6 is 0 Å². The molecule has 3 N–H and O–H groups in total. The lowest BCUT2D eigenvalue weighted by atomic mass is 9.88. The Morgan fingerprint density at radius 3 is 2.71 bits per heavy atom. The van der Waals surface area contributed by atoms with E-state index in [0.29, 0.717) is 5.56 Å². The molecule has 2 aromatic rings. The van der Waals surface area contributed by atoms with Crippen LogP contribution in [0, 0.1) is 6.92 Å². The molecule has 1 aliphatic carbocycles. The number of fused-ring (bicyclic) bond motifs is 1. The van der Waals surface area contributed by atoms with Crippen LogP contribution < -0.4 is 10.5 Å². The zero-order valence-corrected chi connectivity index (χ0v) is 16.3. The third kappa shape index (κ3) is 4.58. The molecule has 0 aliphatic heterocycles. The molecule has 0 spiro atoms. The Labute approximate surface area is 163 Å². The number of carbonyl (C=O) groups is 2. The molecule has 3 rings (SSSR count). The summed E-state index contributed by atoms with van der Waals surface area (Å²) in [5.74, 6) is -1.20. The first-order chi connectivity index (χ1) is 13.3. The molecule has 0 saturated heterocycles. The molecule has 0 aromatic heterocycles. The monoisotopic (exact) mass is 402 g/mol. The summed E-state index contributed by atoms with van der Waals surface area (Å²) < 4.78 is 28.2. The van der Waals surface area contributed by atoms with Crippen LogP contribution in [0.15, 0.2) is 47.4 Å². The lowest BCUT2D eigenvalue weighted by Gasteiger charge is -2.26. The van der Waals surface area contributed by atoms with Crippen LogP contribution in [-0.2, 0) is 26.0 Å². The fourth-order valence-corrected chi connectivity index (χ4v) is 4.20. The summed E-state index contributed by atoms with van der Waals surface area (Å²) in [5.41, 5.74) is 2.74. The Bertz CT molecular complexity index is 1020. The maximum atomic E-state index is 12.2. The van der Waals surface area contributed by atoms with E-state index in [4.69, 9.17) is 9.88 Å². The number of sulfonamides is 1. The average Bonchev–Trinajstić information content (AvgIpc) is 2.66. The van der Waals surface area contributed by atoms with Gasteiger partial charge in [-0.05, 0) is 55.0 Å². The number of hydrogen-bond acceptors (Lipinski definition) is 5. The van der Waals surface area contributed by atoms with Gasteiger partial charge in [-0.1, -0.05) is 30.3 Å². The highest BCUT2D eigenvalue weighted by Crippen LogP contribution is 2.29. The van der Waals surface area contributed by atoms with Crippen molar-refractivity contribution in [2.45, 2.75) is 37.1 Å². The summed E-state index contributed by atoms with van der Waals surface area (Å²) in [6.45, 7) is 1.13. The van der Waals surface area contributed by atoms with Gasteiger partial charge >= 0.3 is 5.97 Å². The van der Waals surface area contributed by atoms with Crippen molar-refractivity contribution in [3.63, 3.8) is 0 Å². The third-order valence-corrected chi connectivity index (χ3v) is 5.82. The third-order valence-electron chi connectivity index (χ3n) is 4.77. The Balaban J connectivity index is 1.62. The Morgan fingerprint density at radius 2 is 1.96 bits per heavy atom. The summed E-state index contributed by atoms with van der Waals surface area (Å²) in [6, 6.07) is 11.9. The number of nitrogens with one attached hydrogen (secondary N) is 1. The minimum atomic E-state index is -3.96. The molecule has 28 heavy (non-hydrogen) atoms. The molecular weight excluding hydrogens is 380 g/mol. The number of ether oxygens (including phenoxy) is 1. The number of aryl methyl sites for hydroxylation is 2. The highest BCUT2D eigenvalue weighted by molar-refractivity contribution is 7.89. The van der Waals surface area contributed by atoms with Gasteiger partial charge in [-0.2, -0.15) is 0 Å². The van der Waals surface area contributed by atoms with Crippen LogP contribution in [0.1, 0.15) is 45.9 Å². The van der Waals surface area contributed by atoms with Crippen molar-refractivity contribution >= 4 is 21.9 Å². The Morgan fingerprint density at radius 1 is 1.21 bits per heavy atom. The molecule has 7 nitrogen and oxygen atoms in total. The van der Waals surface area contributed by atoms with Crippen LogP contribution in [0.2, 0.25) is 0 Å². The molecule has 0 saturated carbocycles. The lowest BCUT2D eigenvalue weighted by molar-refractivity contribution is -0.125. The zero-order valence-electron chi connectivity index (χ0n) is 15.5. The predicted octanol–water partition coefficient (Wildman–Crippen LogP) is 1.99. The van der Waals surface area contributed by atoms with Crippen molar-refractivity contribution in [1.29, 1.82) is 0 Å². The first-order valence-electron chi connectivity index (χ1n) is 8.93. The van der Waals surface area contributed by atoms with E-state index < -0.39 is 28.5 Å². The Hall–Kier alpha value is -2.71. The molecular formula is C20H22N2O5S. The van der Waals surface area contributed by atoms with E-state index in [1.54, 1.807) is 6.92 Å². The van der Waals surface area contributed by atoms with Gasteiger partial charge in [0.1, 0.15) is 0 Å². The predicted molar refractivity (Wildman–Crippen MR) is 103 cm³/mol. The van der Waals surface area contributed by atoms with E-state index in [-0.39, 0.29) is 16.5 Å². The maximum Gasteiger partial charge on any atom is 0.338 e. The second-order valence-corrected chi connectivity index (χ2v) is 8.34.